The van der Waals surface area contributed by atoms with Crippen LogP contribution in [-0.2, 0) is 0 Å². The summed E-state index contributed by atoms with van der Waals surface area (Å²) in [5, 5.41) is 3.46. The predicted octanol–water partition coefficient (Wildman–Crippen LogP) is 2.65. The molecule has 0 saturated heterocycles. The summed E-state index contributed by atoms with van der Waals surface area (Å²) >= 11 is 0. The van der Waals surface area contributed by atoms with Gasteiger partial charge in [-0.3, -0.25) is 0 Å². The van der Waals surface area contributed by atoms with Crippen LogP contribution in [0.15, 0.2) is 36.8 Å². The molecule has 1 fully saturated rings. The Bertz CT molecular complexity index is 426. The average Bonchev–Trinajstić information content (AvgIpc) is 2.92. The van der Waals surface area contributed by atoms with E-state index >= 15 is 0 Å². The van der Waals surface area contributed by atoms with Gasteiger partial charge in [0, 0.05) is 11.7 Å². The number of benzene rings is 1. The summed E-state index contributed by atoms with van der Waals surface area (Å²) < 4.78 is 0. The molecule has 3 rings (SSSR count). The van der Waals surface area contributed by atoms with Crippen molar-refractivity contribution in [1.82, 2.24) is 9.97 Å². The minimum Gasteiger partial charge on any atom is -0.382 e. The van der Waals surface area contributed by atoms with Crippen molar-refractivity contribution < 1.29 is 0 Å². The van der Waals surface area contributed by atoms with Crippen molar-refractivity contribution >= 4 is 5.69 Å². The number of nitrogens with zero attached hydrogens (tertiary/aromatic N) is 1. The van der Waals surface area contributed by atoms with Gasteiger partial charge in [0.15, 0.2) is 0 Å². The van der Waals surface area contributed by atoms with E-state index in [2.05, 4.69) is 39.6 Å². The lowest BCUT2D eigenvalue weighted by atomic mass is 10.1. The van der Waals surface area contributed by atoms with Crippen LogP contribution >= 0.6 is 0 Å². The maximum absolute atomic E-state index is 4.01. The first-order valence-corrected chi connectivity index (χ1v) is 5.27. The molecular weight excluding hydrogens is 186 g/mol. The van der Waals surface area contributed by atoms with Crippen LogP contribution in [0.3, 0.4) is 0 Å². The molecule has 1 aromatic heterocycles. The summed E-state index contributed by atoms with van der Waals surface area (Å²) in [6, 6.07) is 9.17. The Morgan fingerprint density at radius 1 is 1.20 bits per heavy atom. The van der Waals surface area contributed by atoms with Crippen LogP contribution in [0.4, 0.5) is 5.69 Å². The number of anilines is 1. The van der Waals surface area contributed by atoms with Crippen LogP contribution in [0.25, 0.3) is 11.3 Å². The van der Waals surface area contributed by atoms with Crippen molar-refractivity contribution in [3.05, 3.63) is 36.8 Å². The Kier molecular flexibility index (Phi) is 1.95. The molecular formula is C12H13N3. The van der Waals surface area contributed by atoms with Gasteiger partial charge < -0.3 is 10.3 Å². The quantitative estimate of drug-likeness (QED) is 0.797. The number of hydrogen-bond acceptors (Lipinski definition) is 2. The molecule has 2 aromatic rings. The number of rotatable bonds is 3. The van der Waals surface area contributed by atoms with E-state index < -0.39 is 0 Å². The molecule has 3 heteroatoms. The summed E-state index contributed by atoms with van der Waals surface area (Å²) in [4.78, 5) is 7.10. The summed E-state index contributed by atoms with van der Waals surface area (Å²) in [6.45, 7) is 0. The Labute approximate surface area is 88.6 Å². The van der Waals surface area contributed by atoms with Crippen molar-refractivity contribution in [3.8, 4) is 11.3 Å². The summed E-state index contributed by atoms with van der Waals surface area (Å²) in [5.74, 6) is 0. The number of nitrogens with one attached hydrogen (secondary N) is 2. The Morgan fingerprint density at radius 2 is 2.00 bits per heavy atom. The fraction of sp³-hybridized carbons (Fsp3) is 0.250. The highest BCUT2D eigenvalue weighted by Crippen LogP contribution is 2.26. The number of aromatic nitrogens is 2. The first-order valence-electron chi connectivity index (χ1n) is 5.27. The van der Waals surface area contributed by atoms with E-state index in [1.54, 1.807) is 6.33 Å². The van der Waals surface area contributed by atoms with E-state index in [1.165, 1.54) is 24.1 Å². The highest BCUT2D eigenvalue weighted by Gasteiger charge is 2.20. The van der Waals surface area contributed by atoms with Gasteiger partial charge in [0.25, 0.3) is 0 Å². The lowest BCUT2D eigenvalue weighted by molar-refractivity contribution is 1.16. The maximum Gasteiger partial charge on any atom is 0.0924 e. The second-order valence-corrected chi connectivity index (χ2v) is 3.96. The van der Waals surface area contributed by atoms with E-state index in [1.807, 2.05) is 6.20 Å². The predicted molar refractivity (Wildman–Crippen MR) is 60.7 cm³/mol. The average molecular weight is 199 g/mol. The summed E-state index contributed by atoms with van der Waals surface area (Å²) in [6.07, 6.45) is 6.15. The molecule has 0 spiro atoms. The zero-order chi connectivity index (χ0) is 10.1. The lowest BCUT2D eigenvalue weighted by Crippen LogP contribution is -1.99. The minimum atomic E-state index is 0.711. The van der Waals surface area contributed by atoms with Gasteiger partial charge in [-0.15, -0.1) is 0 Å². The number of H-pyrrole nitrogens is 1. The largest absolute Gasteiger partial charge is 0.382 e. The highest BCUT2D eigenvalue weighted by atomic mass is 14.9. The SMILES string of the molecule is c1ncc(-c2ccc(NC3CC3)cc2)[nH]1. The van der Waals surface area contributed by atoms with Gasteiger partial charge in [0.1, 0.15) is 0 Å². The van der Waals surface area contributed by atoms with Gasteiger partial charge in [-0.2, -0.15) is 0 Å². The van der Waals surface area contributed by atoms with Gasteiger partial charge in [0.05, 0.1) is 18.2 Å². The molecule has 0 unspecified atom stereocenters. The fourth-order valence-corrected chi connectivity index (χ4v) is 1.62. The van der Waals surface area contributed by atoms with Gasteiger partial charge in [0.2, 0.25) is 0 Å². The van der Waals surface area contributed by atoms with Crippen LogP contribution in [-0.4, -0.2) is 16.0 Å². The standard InChI is InChI=1S/C12H13N3/c1-3-10(15-11-5-6-11)4-2-9(1)12-7-13-8-14-12/h1-4,7-8,11,15H,5-6H2,(H,13,14). The summed E-state index contributed by atoms with van der Waals surface area (Å²) in [7, 11) is 0. The van der Waals surface area contributed by atoms with E-state index in [9.17, 15) is 0 Å². The molecule has 0 amide bonds. The lowest BCUT2D eigenvalue weighted by Gasteiger charge is -2.04. The monoisotopic (exact) mass is 199 g/mol. The number of aromatic amines is 1. The molecule has 0 radical (unpaired) electrons. The minimum absolute atomic E-state index is 0.711. The molecule has 1 aromatic carbocycles. The Hall–Kier alpha value is -1.77. The second kappa shape index (κ2) is 3.42. The summed E-state index contributed by atoms with van der Waals surface area (Å²) in [5.41, 5.74) is 3.45. The van der Waals surface area contributed by atoms with Crippen LogP contribution in [0.5, 0.6) is 0 Å². The third kappa shape index (κ3) is 1.86. The Morgan fingerprint density at radius 3 is 2.60 bits per heavy atom. The molecule has 0 atom stereocenters. The molecule has 1 aliphatic rings. The first-order chi connectivity index (χ1) is 7.42. The zero-order valence-electron chi connectivity index (χ0n) is 8.40. The molecule has 3 nitrogen and oxygen atoms in total. The van der Waals surface area contributed by atoms with Crippen molar-refractivity contribution in [2.45, 2.75) is 18.9 Å². The van der Waals surface area contributed by atoms with E-state index in [4.69, 9.17) is 0 Å². The molecule has 0 bridgehead atoms. The van der Waals surface area contributed by atoms with E-state index in [-0.39, 0.29) is 0 Å². The third-order valence-electron chi connectivity index (χ3n) is 2.64. The second-order valence-electron chi connectivity index (χ2n) is 3.96. The Balaban J connectivity index is 1.80. The van der Waals surface area contributed by atoms with Gasteiger partial charge in [-0.1, -0.05) is 12.1 Å². The van der Waals surface area contributed by atoms with Crippen molar-refractivity contribution in [2.75, 3.05) is 5.32 Å². The van der Waals surface area contributed by atoms with Crippen molar-refractivity contribution in [2.24, 2.45) is 0 Å². The van der Waals surface area contributed by atoms with Gasteiger partial charge in [-0.05, 0) is 30.5 Å². The van der Waals surface area contributed by atoms with Crippen molar-refractivity contribution in [1.29, 1.82) is 0 Å². The molecule has 0 aliphatic heterocycles. The number of hydrogen-bond donors (Lipinski definition) is 2. The molecule has 76 valence electrons. The van der Waals surface area contributed by atoms with Crippen LogP contribution in [0.1, 0.15) is 12.8 Å². The molecule has 2 N–H and O–H groups in total. The molecule has 1 saturated carbocycles. The van der Waals surface area contributed by atoms with Gasteiger partial charge in [-0.25, -0.2) is 4.98 Å². The molecule has 1 aliphatic carbocycles. The van der Waals surface area contributed by atoms with Crippen LogP contribution < -0.4 is 5.32 Å². The number of imidazole rings is 1. The third-order valence-corrected chi connectivity index (χ3v) is 2.64. The topological polar surface area (TPSA) is 40.7 Å². The molecule has 15 heavy (non-hydrogen) atoms. The maximum atomic E-state index is 4.01. The van der Waals surface area contributed by atoms with Crippen LogP contribution in [0, 0.1) is 0 Å². The fourth-order valence-electron chi connectivity index (χ4n) is 1.62. The van der Waals surface area contributed by atoms with E-state index in [0.29, 0.717) is 6.04 Å². The normalized spacial score (nSPS) is 15.2. The van der Waals surface area contributed by atoms with Crippen molar-refractivity contribution in [3.63, 3.8) is 0 Å². The van der Waals surface area contributed by atoms with E-state index in [0.717, 1.165) is 5.69 Å². The smallest absolute Gasteiger partial charge is 0.0924 e. The first kappa shape index (κ1) is 8.53. The van der Waals surface area contributed by atoms with Gasteiger partial charge >= 0.3 is 0 Å². The van der Waals surface area contributed by atoms with Crippen LogP contribution in [0.2, 0.25) is 0 Å². The zero-order valence-corrected chi connectivity index (χ0v) is 8.40. The molecule has 1 heterocycles. The highest BCUT2D eigenvalue weighted by molar-refractivity contribution is 5.62.